The lowest BCUT2D eigenvalue weighted by Crippen LogP contribution is -2.29. The van der Waals surface area contributed by atoms with Crippen LogP contribution < -0.4 is 11.1 Å². The minimum atomic E-state index is -0.721. The molecular formula is C16H19FN6OS. The molecule has 9 heteroatoms. The van der Waals surface area contributed by atoms with Gasteiger partial charge in [-0.25, -0.2) is 9.37 Å². The molecule has 2 aromatic rings. The molecular weight excluding hydrogens is 343 g/mol. The van der Waals surface area contributed by atoms with Crippen molar-refractivity contribution < 1.29 is 9.18 Å². The zero-order chi connectivity index (χ0) is 17.9. The molecule has 0 aliphatic carbocycles. The third-order valence-corrected chi connectivity index (χ3v) is 4.86. The summed E-state index contributed by atoms with van der Waals surface area (Å²) >= 11 is 1.46. The number of nitrogens with one attached hydrogen (secondary N) is 1. The number of amidine groups is 1. The second-order valence-corrected chi connectivity index (χ2v) is 7.09. The van der Waals surface area contributed by atoms with Crippen molar-refractivity contribution in [3.05, 3.63) is 42.2 Å². The van der Waals surface area contributed by atoms with Crippen LogP contribution in [0.5, 0.6) is 0 Å². The molecule has 25 heavy (non-hydrogen) atoms. The number of aliphatic imine (C=N–C) groups is 1. The average molecular weight is 362 g/mol. The molecule has 1 aromatic carbocycles. The zero-order valence-electron chi connectivity index (χ0n) is 13.8. The highest BCUT2D eigenvalue weighted by Gasteiger charge is 2.32. The monoisotopic (exact) mass is 362 g/mol. The van der Waals surface area contributed by atoms with E-state index in [0.717, 1.165) is 5.75 Å². The molecule has 0 bridgehead atoms. The van der Waals surface area contributed by atoms with Crippen LogP contribution >= 0.6 is 11.8 Å². The largest absolute Gasteiger partial charge is 0.379 e. The number of rotatable bonds is 5. The lowest BCUT2D eigenvalue weighted by atomic mass is 9.89. The van der Waals surface area contributed by atoms with Crippen LogP contribution in [0.4, 0.5) is 10.1 Å². The fourth-order valence-corrected chi connectivity index (χ4v) is 3.66. The normalized spacial score (nSPS) is 20.2. The second kappa shape index (κ2) is 7.22. The van der Waals surface area contributed by atoms with Crippen LogP contribution in [-0.4, -0.2) is 31.6 Å². The summed E-state index contributed by atoms with van der Waals surface area (Å²) < 4.78 is 15.9. The summed E-state index contributed by atoms with van der Waals surface area (Å²) in [6.45, 7) is 2.28. The Morgan fingerprint density at radius 3 is 3.08 bits per heavy atom. The Balaban J connectivity index is 1.73. The van der Waals surface area contributed by atoms with Gasteiger partial charge in [0.2, 0.25) is 5.91 Å². The number of carbonyl (C=O) groups excluding carboxylic acids is 1. The van der Waals surface area contributed by atoms with Gasteiger partial charge in [-0.3, -0.25) is 14.5 Å². The maximum Gasteiger partial charge on any atom is 0.226 e. The number of thioether (sulfide) groups is 1. The number of hydrogen-bond donors (Lipinski definition) is 2. The number of hydrogen-bond acceptors (Lipinski definition) is 6. The minimum Gasteiger partial charge on any atom is -0.379 e. The van der Waals surface area contributed by atoms with E-state index in [2.05, 4.69) is 20.4 Å². The van der Waals surface area contributed by atoms with Gasteiger partial charge in [0.05, 0.1) is 12.1 Å². The van der Waals surface area contributed by atoms with Gasteiger partial charge in [-0.1, -0.05) is 11.8 Å². The predicted molar refractivity (Wildman–Crippen MR) is 95.7 cm³/mol. The highest BCUT2D eigenvalue weighted by atomic mass is 32.2. The number of carbonyl (C=O) groups is 1. The van der Waals surface area contributed by atoms with Crippen LogP contribution in [0.3, 0.4) is 0 Å². The van der Waals surface area contributed by atoms with Gasteiger partial charge in [0.15, 0.2) is 5.17 Å². The molecule has 1 aromatic heterocycles. The fraction of sp³-hybridized carbons (Fsp3) is 0.375. The van der Waals surface area contributed by atoms with Crippen molar-refractivity contribution in [1.29, 1.82) is 0 Å². The van der Waals surface area contributed by atoms with E-state index in [1.54, 1.807) is 23.1 Å². The van der Waals surface area contributed by atoms with Crippen molar-refractivity contribution >= 4 is 28.5 Å². The van der Waals surface area contributed by atoms with Crippen molar-refractivity contribution in [1.82, 2.24) is 14.8 Å². The molecule has 1 unspecified atom stereocenters. The Morgan fingerprint density at radius 1 is 1.52 bits per heavy atom. The first kappa shape index (κ1) is 17.4. The number of benzene rings is 1. The molecule has 1 aliphatic rings. The Morgan fingerprint density at radius 2 is 2.36 bits per heavy atom. The fourth-order valence-electron chi connectivity index (χ4n) is 2.68. The summed E-state index contributed by atoms with van der Waals surface area (Å²) in [4.78, 5) is 20.3. The highest BCUT2D eigenvalue weighted by Crippen LogP contribution is 2.37. The number of anilines is 1. The summed E-state index contributed by atoms with van der Waals surface area (Å²) in [7, 11) is 0. The number of amides is 1. The molecule has 0 radical (unpaired) electrons. The Kier molecular flexibility index (Phi) is 5.03. The van der Waals surface area contributed by atoms with Gasteiger partial charge < -0.3 is 11.1 Å². The molecule has 0 saturated carbocycles. The molecule has 1 atom stereocenters. The molecule has 132 valence electrons. The number of aromatic nitrogens is 3. The van der Waals surface area contributed by atoms with Gasteiger partial charge in [-0.15, -0.1) is 0 Å². The molecule has 2 heterocycles. The SMILES string of the molecule is CC1(c2cc(NC(=O)CCn3cncn3)ccc2F)CCSC(N)=N1. The first-order chi connectivity index (χ1) is 12.0. The van der Waals surface area contributed by atoms with Gasteiger partial charge >= 0.3 is 0 Å². The van der Waals surface area contributed by atoms with Gasteiger partial charge in [0.25, 0.3) is 0 Å². The number of halogens is 1. The summed E-state index contributed by atoms with van der Waals surface area (Å²) in [5.74, 6) is 0.242. The number of nitrogens with two attached hydrogens (primary N) is 1. The van der Waals surface area contributed by atoms with Gasteiger partial charge in [-0.2, -0.15) is 5.10 Å². The van der Waals surface area contributed by atoms with Gasteiger partial charge in [-0.05, 0) is 31.5 Å². The maximum absolute atomic E-state index is 14.3. The quantitative estimate of drug-likeness (QED) is 0.849. The number of aryl methyl sites for hydroxylation is 1. The molecule has 1 amide bonds. The van der Waals surface area contributed by atoms with E-state index in [9.17, 15) is 9.18 Å². The van der Waals surface area contributed by atoms with E-state index in [0.29, 0.717) is 29.4 Å². The van der Waals surface area contributed by atoms with Crippen LogP contribution in [0, 0.1) is 5.82 Å². The molecule has 3 N–H and O–H groups in total. The van der Waals surface area contributed by atoms with E-state index >= 15 is 0 Å². The standard InChI is InChI=1S/C16H19FN6OS/c1-16(5-7-25-15(18)22-16)12-8-11(2-3-13(12)17)21-14(24)4-6-23-10-19-9-20-23/h2-3,8-10H,4-7H2,1H3,(H2,18,22)(H,21,24). The summed E-state index contributed by atoms with van der Waals surface area (Å²) in [6, 6.07) is 4.52. The topological polar surface area (TPSA) is 98.2 Å². The predicted octanol–water partition coefficient (Wildman–Crippen LogP) is 2.11. The smallest absolute Gasteiger partial charge is 0.226 e. The van der Waals surface area contributed by atoms with Crippen molar-refractivity contribution in [2.24, 2.45) is 10.7 Å². The summed E-state index contributed by atoms with van der Waals surface area (Å²) in [5, 5.41) is 7.19. The van der Waals surface area contributed by atoms with Crippen molar-refractivity contribution in [3.63, 3.8) is 0 Å². The molecule has 1 aliphatic heterocycles. The van der Waals surface area contributed by atoms with Crippen LogP contribution in [0.25, 0.3) is 0 Å². The van der Waals surface area contributed by atoms with E-state index < -0.39 is 5.54 Å². The van der Waals surface area contributed by atoms with E-state index in [1.807, 2.05) is 6.92 Å². The molecule has 0 spiro atoms. The Labute approximate surface area is 148 Å². The van der Waals surface area contributed by atoms with Crippen LogP contribution in [0.2, 0.25) is 0 Å². The van der Waals surface area contributed by atoms with E-state index in [1.165, 1.54) is 24.2 Å². The number of nitrogens with zero attached hydrogens (tertiary/aromatic N) is 4. The second-order valence-electron chi connectivity index (χ2n) is 5.97. The van der Waals surface area contributed by atoms with Crippen LogP contribution in [0.15, 0.2) is 35.8 Å². The van der Waals surface area contributed by atoms with E-state index in [-0.39, 0.29) is 18.1 Å². The third kappa shape index (κ3) is 4.16. The van der Waals surface area contributed by atoms with Crippen molar-refractivity contribution in [2.45, 2.75) is 31.8 Å². The van der Waals surface area contributed by atoms with Gasteiger partial charge in [0.1, 0.15) is 18.5 Å². The lowest BCUT2D eigenvalue weighted by molar-refractivity contribution is -0.116. The Bertz CT molecular complexity index is 794. The highest BCUT2D eigenvalue weighted by molar-refractivity contribution is 8.13. The van der Waals surface area contributed by atoms with Gasteiger partial charge in [0, 0.05) is 23.4 Å². The molecule has 7 nitrogen and oxygen atoms in total. The minimum absolute atomic E-state index is 0.180. The maximum atomic E-state index is 14.3. The average Bonchev–Trinajstić information content (AvgIpc) is 3.08. The molecule has 0 saturated heterocycles. The summed E-state index contributed by atoms with van der Waals surface area (Å²) in [5.41, 5.74) is 6.06. The van der Waals surface area contributed by atoms with Crippen molar-refractivity contribution in [2.75, 3.05) is 11.1 Å². The van der Waals surface area contributed by atoms with E-state index in [4.69, 9.17) is 5.73 Å². The van der Waals surface area contributed by atoms with Crippen LogP contribution in [0.1, 0.15) is 25.3 Å². The van der Waals surface area contributed by atoms with Crippen LogP contribution in [-0.2, 0) is 16.9 Å². The first-order valence-electron chi connectivity index (χ1n) is 7.87. The van der Waals surface area contributed by atoms with Crippen molar-refractivity contribution in [3.8, 4) is 0 Å². The molecule has 3 rings (SSSR count). The zero-order valence-corrected chi connectivity index (χ0v) is 14.6. The third-order valence-electron chi connectivity index (χ3n) is 4.06. The summed E-state index contributed by atoms with van der Waals surface area (Å²) in [6.07, 6.45) is 3.89. The first-order valence-corrected chi connectivity index (χ1v) is 8.85. The Hall–Kier alpha value is -2.42. The lowest BCUT2D eigenvalue weighted by Gasteiger charge is -2.30. The molecule has 0 fully saturated rings.